The Labute approximate surface area is 158 Å². The summed E-state index contributed by atoms with van der Waals surface area (Å²) in [4.78, 5) is 28.3. The number of ether oxygens (including phenoxy) is 1. The van der Waals surface area contributed by atoms with Gasteiger partial charge in [-0.2, -0.15) is 0 Å². The van der Waals surface area contributed by atoms with Crippen molar-refractivity contribution in [3.63, 3.8) is 0 Å². The van der Waals surface area contributed by atoms with Gasteiger partial charge >= 0.3 is 13.8 Å². The van der Waals surface area contributed by atoms with E-state index in [2.05, 4.69) is 11.4 Å². The maximum atomic E-state index is 11.5. The van der Waals surface area contributed by atoms with Gasteiger partial charge in [-0.25, -0.2) is 4.57 Å². The number of carbonyl (C=O) groups excluding carboxylic acids is 1. The largest absolute Gasteiger partial charge is 0.524 e. The van der Waals surface area contributed by atoms with Crippen molar-refractivity contribution in [1.82, 2.24) is 0 Å². The van der Waals surface area contributed by atoms with Crippen molar-refractivity contribution in [1.29, 1.82) is 0 Å². The fraction of sp³-hybridized carbons (Fsp3) is 0.842. The Balaban J connectivity index is 3.27. The lowest BCUT2D eigenvalue weighted by Crippen LogP contribution is -2.04. The number of unbranched alkanes of at least 4 members (excludes halogenated alkanes) is 12. The predicted octanol–water partition coefficient (Wildman–Crippen LogP) is 5.63. The first-order chi connectivity index (χ1) is 12.5. The van der Waals surface area contributed by atoms with Crippen molar-refractivity contribution in [3.05, 3.63) is 12.3 Å². The number of phosphoric acid groups is 1. The highest BCUT2D eigenvalue weighted by Crippen LogP contribution is 2.35. The molecule has 0 aliphatic heterocycles. The third-order valence-corrected chi connectivity index (χ3v) is 4.52. The van der Waals surface area contributed by atoms with Crippen LogP contribution in [-0.4, -0.2) is 22.4 Å². The van der Waals surface area contributed by atoms with Crippen molar-refractivity contribution < 1.29 is 28.4 Å². The van der Waals surface area contributed by atoms with Crippen LogP contribution in [0.15, 0.2) is 12.3 Å². The van der Waals surface area contributed by atoms with Crippen molar-refractivity contribution in [2.45, 2.75) is 96.8 Å². The second kappa shape index (κ2) is 17.6. The number of hydrogen-bond acceptors (Lipinski definition) is 4. The molecule has 0 unspecified atom stereocenters. The molecule has 0 amide bonds. The van der Waals surface area contributed by atoms with E-state index < -0.39 is 7.82 Å². The van der Waals surface area contributed by atoms with Crippen molar-refractivity contribution >= 4 is 13.8 Å². The van der Waals surface area contributed by atoms with Crippen LogP contribution in [0.4, 0.5) is 0 Å². The molecule has 154 valence electrons. The maximum Gasteiger partial charge on any atom is 0.524 e. The number of phosphoric ester groups is 1. The van der Waals surface area contributed by atoms with Gasteiger partial charge in [0.15, 0.2) is 0 Å². The average Bonchev–Trinajstić information content (AvgIpc) is 2.57. The molecule has 6 nitrogen and oxygen atoms in total. The van der Waals surface area contributed by atoms with E-state index in [0.717, 1.165) is 25.5 Å². The molecular formula is C19H37O6P. The lowest BCUT2D eigenvalue weighted by molar-refractivity contribution is -0.142. The Morgan fingerprint density at radius 1 is 0.846 bits per heavy atom. The molecule has 0 atom stereocenters. The molecule has 0 aromatic rings. The summed E-state index contributed by atoms with van der Waals surface area (Å²) in [5.74, 6) is -0.297. The first kappa shape index (κ1) is 25.2. The van der Waals surface area contributed by atoms with Crippen LogP contribution in [0.3, 0.4) is 0 Å². The number of esters is 1. The molecule has 0 saturated carbocycles. The van der Waals surface area contributed by atoms with Crippen LogP contribution in [0.1, 0.15) is 96.8 Å². The van der Waals surface area contributed by atoms with E-state index in [-0.39, 0.29) is 12.6 Å². The first-order valence-electron chi connectivity index (χ1n) is 10.0. The van der Waals surface area contributed by atoms with E-state index in [1.54, 1.807) is 0 Å². The van der Waals surface area contributed by atoms with E-state index in [1.807, 2.05) is 0 Å². The number of hydrogen-bond donors (Lipinski definition) is 2. The van der Waals surface area contributed by atoms with E-state index in [0.29, 0.717) is 6.42 Å². The molecule has 0 heterocycles. The normalized spacial score (nSPS) is 11.8. The molecule has 2 N–H and O–H groups in total. The summed E-state index contributed by atoms with van der Waals surface area (Å²) in [6, 6.07) is 0. The standard InChI is InChI=1S/C19H37O6P/c1-2-3-4-5-6-7-8-9-10-11-12-13-14-16-19(20)24-17-15-18-25-26(21,22)23/h15,18H,2-14,16-17H2,1H3,(H2,21,22,23). The number of rotatable bonds is 18. The molecule has 0 saturated heterocycles. The Morgan fingerprint density at radius 3 is 1.77 bits per heavy atom. The molecular weight excluding hydrogens is 355 g/mol. The zero-order valence-corrected chi connectivity index (χ0v) is 17.1. The minimum atomic E-state index is -4.50. The van der Waals surface area contributed by atoms with Crippen LogP contribution in [0.25, 0.3) is 0 Å². The van der Waals surface area contributed by atoms with Crippen LogP contribution in [0.5, 0.6) is 0 Å². The maximum absolute atomic E-state index is 11.5. The Hall–Kier alpha value is -0.840. The lowest BCUT2D eigenvalue weighted by atomic mass is 10.0. The van der Waals surface area contributed by atoms with Gasteiger partial charge < -0.3 is 9.26 Å². The summed E-state index contributed by atoms with van der Waals surface area (Å²) in [7, 11) is -4.50. The molecule has 26 heavy (non-hydrogen) atoms. The van der Waals surface area contributed by atoms with Gasteiger partial charge in [0, 0.05) is 6.42 Å². The van der Waals surface area contributed by atoms with Gasteiger partial charge in [-0.15, -0.1) is 0 Å². The van der Waals surface area contributed by atoms with Gasteiger partial charge in [-0.1, -0.05) is 84.0 Å². The first-order valence-corrected chi connectivity index (χ1v) is 11.5. The summed E-state index contributed by atoms with van der Waals surface area (Å²) in [5.41, 5.74) is 0. The summed E-state index contributed by atoms with van der Waals surface area (Å²) in [6.07, 6.45) is 18.8. The molecule has 0 aromatic carbocycles. The summed E-state index contributed by atoms with van der Waals surface area (Å²) < 4.78 is 19.4. The topological polar surface area (TPSA) is 93.1 Å². The summed E-state index contributed by atoms with van der Waals surface area (Å²) >= 11 is 0. The smallest absolute Gasteiger partial charge is 0.461 e. The minimum Gasteiger partial charge on any atom is -0.461 e. The highest BCUT2D eigenvalue weighted by atomic mass is 31.2. The molecule has 0 rings (SSSR count). The van der Waals surface area contributed by atoms with E-state index in [4.69, 9.17) is 14.5 Å². The molecule has 0 aliphatic carbocycles. The van der Waals surface area contributed by atoms with E-state index >= 15 is 0 Å². The third kappa shape index (κ3) is 21.2. The Morgan fingerprint density at radius 2 is 1.31 bits per heavy atom. The molecule has 0 radical (unpaired) electrons. The molecule has 7 heteroatoms. The minimum absolute atomic E-state index is 0.0444. The van der Waals surface area contributed by atoms with Gasteiger partial charge in [0.1, 0.15) is 6.61 Å². The summed E-state index contributed by atoms with van der Waals surface area (Å²) in [6.45, 7) is 2.20. The van der Waals surface area contributed by atoms with Gasteiger partial charge in [0.25, 0.3) is 0 Å². The highest BCUT2D eigenvalue weighted by Gasteiger charge is 2.11. The van der Waals surface area contributed by atoms with Crippen molar-refractivity contribution in [2.24, 2.45) is 0 Å². The van der Waals surface area contributed by atoms with Crippen LogP contribution in [0, 0.1) is 0 Å². The van der Waals surface area contributed by atoms with Crippen molar-refractivity contribution in [2.75, 3.05) is 6.61 Å². The van der Waals surface area contributed by atoms with Gasteiger partial charge in [-0.3, -0.25) is 14.6 Å². The average molecular weight is 392 g/mol. The molecule has 0 aromatic heterocycles. The zero-order chi connectivity index (χ0) is 19.5. The monoisotopic (exact) mass is 392 g/mol. The van der Waals surface area contributed by atoms with E-state index in [9.17, 15) is 9.36 Å². The molecule has 0 spiro atoms. The fourth-order valence-corrected chi connectivity index (χ4v) is 2.91. The number of carbonyl (C=O) groups is 1. The highest BCUT2D eigenvalue weighted by molar-refractivity contribution is 7.46. The second-order valence-electron chi connectivity index (χ2n) is 6.64. The van der Waals surface area contributed by atoms with Crippen LogP contribution in [-0.2, 0) is 18.6 Å². The van der Waals surface area contributed by atoms with Gasteiger partial charge in [-0.05, 0) is 12.5 Å². The fourth-order valence-electron chi connectivity index (χ4n) is 2.66. The third-order valence-electron chi connectivity index (χ3n) is 4.12. The Bertz CT molecular complexity index is 405. The summed E-state index contributed by atoms with van der Waals surface area (Å²) in [5, 5.41) is 0. The van der Waals surface area contributed by atoms with Gasteiger partial charge in [0.05, 0.1) is 6.26 Å². The van der Waals surface area contributed by atoms with E-state index in [1.165, 1.54) is 70.3 Å². The zero-order valence-electron chi connectivity index (χ0n) is 16.2. The Kier molecular flexibility index (Phi) is 17.0. The quantitative estimate of drug-likeness (QED) is 0.136. The van der Waals surface area contributed by atoms with Crippen molar-refractivity contribution in [3.8, 4) is 0 Å². The van der Waals surface area contributed by atoms with Crippen LogP contribution in [0.2, 0.25) is 0 Å². The van der Waals surface area contributed by atoms with Crippen LogP contribution >= 0.6 is 7.82 Å². The SMILES string of the molecule is CCCCCCCCCCCCCCCC(=O)OCC=COP(=O)(O)O. The molecule has 0 bridgehead atoms. The second-order valence-corrected chi connectivity index (χ2v) is 7.84. The van der Waals surface area contributed by atoms with Gasteiger partial charge in [0.2, 0.25) is 0 Å². The molecule has 0 aliphatic rings. The lowest BCUT2D eigenvalue weighted by Gasteiger charge is -2.04. The predicted molar refractivity (Wildman–Crippen MR) is 104 cm³/mol. The van der Waals surface area contributed by atoms with Crippen LogP contribution < -0.4 is 0 Å². The molecule has 0 fully saturated rings.